The predicted octanol–water partition coefficient (Wildman–Crippen LogP) is -0.408. The van der Waals surface area contributed by atoms with E-state index in [4.69, 9.17) is 0 Å². The third-order valence-corrected chi connectivity index (χ3v) is 5.34. The number of nitrogens with zero attached hydrogens (tertiary/aromatic N) is 5. The summed E-state index contributed by atoms with van der Waals surface area (Å²) >= 11 is 0. The van der Waals surface area contributed by atoms with Crippen LogP contribution in [0.1, 0.15) is 13.8 Å². The molecule has 2 heterocycles. The highest BCUT2D eigenvalue weighted by Crippen LogP contribution is 2.16. The second-order valence-corrected chi connectivity index (χ2v) is 7.97. The molecule has 12 heteroatoms. The van der Waals surface area contributed by atoms with Crippen molar-refractivity contribution in [2.24, 2.45) is 12.0 Å². The summed E-state index contributed by atoms with van der Waals surface area (Å²) in [4.78, 5) is 20.5. The lowest BCUT2D eigenvalue weighted by atomic mass is 10.3. The van der Waals surface area contributed by atoms with Gasteiger partial charge in [-0.1, -0.05) is 0 Å². The van der Waals surface area contributed by atoms with Crippen LogP contribution in [0.3, 0.4) is 0 Å². The smallest absolute Gasteiger partial charge is 0.246 e. The molecule has 1 amide bonds. The van der Waals surface area contributed by atoms with E-state index < -0.39 is 10.0 Å². The molecular formula is C15H28IN7O3S. The molecule has 1 fully saturated rings. The minimum absolute atomic E-state index is 0. The Kier molecular flexibility index (Phi) is 9.45. The fourth-order valence-electron chi connectivity index (χ4n) is 2.57. The van der Waals surface area contributed by atoms with Crippen LogP contribution in [0.25, 0.3) is 0 Å². The van der Waals surface area contributed by atoms with Crippen molar-refractivity contribution < 1.29 is 13.2 Å². The van der Waals surface area contributed by atoms with E-state index in [2.05, 4.69) is 20.1 Å². The number of carbonyl (C=O) groups excluding carboxylic acids is 1. The molecule has 2 rings (SSSR count). The normalized spacial score (nSPS) is 15.7. The van der Waals surface area contributed by atoms with Gasteiger partial charge in [0, 0.05) is 39.4 Å². The number of halogens is 1. The molecule has 154 valence electrons. The summed E-state index contributed by atoms with van der Waals surface area (Å²) < 4.78 is 27.0. The molecule has 0 aromatic carbocycles. The number of aromatic nitrogens is 2. The number of aryl methyl sites for hydroxylation is 1. The zero-order valence-electron chi connectivity index (χ0n) is 15.9. The number of aliphatic imine (C=N–C) groups is 1. The minimum Gasteiger partial charge on any atom is -0.357 e. The molecular weight excluding hydrogens is 485 g/mol. The van der Waals surface area contributed by atoms with E-state index in [1.807, 2.05) is 25.1 Å². The Hall–Kier alpha value is -1.41. The molecule has 1 aliphatic heterocycles. The summed E-state index contributed by atoms with van der Waals surface area (Å²) in [5, 5.41) is 7.26. The van der Waals surface area contributed by atoms with E-state index in [1.165, 1.54) is 0 Å². The predicted molar refractivity (Wildman–Crippen MR) is 116 cm³/mol. The van der Waals surface area contributed by atoms with Gasteiger partial charge in [-0.25, -0.2) is 13.1 Å². The Balaban J connectivity index is 0.00000364. The summed E-state index contributed by atoms with van der Waals surface area (Å²) in [7, 11) is -1.41. The average Bonchev–Trinajstić information content (AvgIpc) is 3.03. The number of anilines is 1. The summed E-state index contributed by atoms with van der Waals surface area (Å²) in [5.74, 6) is 0.630. The van der Waals surface area contributed by atoms with E-state index in [9.17, 15) is 13.2 Å². The first kappa shape index (κ1) is 23.6. The van der Waals surface area contributed by atoms with Gasteiger partial charge >= 0.3 is 0 Å². The third kappa shape index (κ3) is 6.92. The van der Waals surface area contributed by atoms with Gasteiger partial charge in [0.05, 0.1) is 24.2 Å². The highest BCUT2D eigenvalue weighted by atomic mass is 127. The molecule has 0 aliphatic carbocycles. The number of guanidine groups is 1. The van der Waals surface area contributed by atoms with Gasteiger partial charge in [0.25, 0.3) is 0 Å². The highest BCUT2D eigenvalue weighted by molar-refractivity contribution is 14.0. The molecule has 0 saturated carbocycles. The number of rotatable bonds is 7. The van der Waals surface area contributed by atoms with Crippen molar-refractivity contribution in [2.75, 3.05) is 49.9 Å². The zero-order chi connectivity index (χ0) is 19.2. The van der Waals surface area contributed by atoms with Gasteiger partial charge in [0.15, 0.2) is 5.96 Å². The van der Waals surface area contributed by atoms with Crippen LogP contribution in [0, 0.1) is 0 Å². The van der Waals surface area contributed by atoms with Crippen molar-refractivity contribution in [1.82, 2.24) is 24.7 Å². The van der Waals surface area contributed by atoms with E-state index in [-0.39, 0.29) is 48.7 Å². The van der Waals surface area contributed by atoms with Gasteiger partial charge in [0.1, 0.15) is 6.54 Å². The van der Waals surface area contributed by atoms with Crippen LogP contribution in [0.15, 0.2) is 17.4 Å². The summed E-state index contributed by atoms with van der Waals surface area (Å²) in [6.45, 7) is 6.11. The average molecular weight is 513 g/mol. The number of carbonyl (C=O) groups is 1. The lowest BCUT2D eigenvalue weighted by Gasteiger charge is -2.35. The Labute approximate surface area is 177 Å². The number of sulfonamides is 1. The number of hydrogen-bond donors (Lipinski definition) is 2. The molecule has 1 aromatic rings. The van der Waals surface area contributed by atoms with Gasteiger partial charge < -0.3 is 15.1 Å². The SMILES string of the molecule is CCNC(=NCCNS(=O)(=O)CC)N1CCN(c2cnn(C)c2)C(=O)C1.I. The van der Waals surface area contributed by atoms with Gasteiger partial charge in [-0.2, -0.15) is 5.10 Å². The Morgan fingerprint density at radius 1 is 1.33 bits per heavy atom. The van der Waals surface area contributed by atoms with Gasteiger partial charge in [-0.3, -0.25) is 14.5 Å². The summed E-state index contributed by atoms with van der Waals surface area (Å²) in [6, 6.07) is 0. The Morgan fingerprint density at radius 3 is 2.63 bits per heavy atom. The van der Waals surface area contributed by atoms with E-state index in [0.717, 1.165) is 5.69 Å². The number of nitrogens with one attached hydrogen (secondary N) is 2. The minimum atomic E-state index is -3.22. The van der Waals surface area contributed by atoms with Crippen LogP contribution < -0.4 is 14.9 Å². The quantitative estimate of drug-likeness (QED) is 0.222. The van der Waals surface area contributed by atoms with E-state index in [1.54, 1.807) is 22.7 Å². The molecule has 0 unspecified atom stereocenters. The summed E-state index contributed by atoms with van der Waals surface area (Å²) in [5.41, 5.74) is 0.785. The second-order valence-electron chi connectivity index (χ2n) is 5.87. The molecule has 0 atom stereocenters. The second kappa shape index (κ2) is 10.8. The van der Waals surface area contributed by atoms with Crippen LogP contribution in [0.2, 0.25) is 0 Å². The number of piperazine rings is 1. The summed E-state index contributed by atoms with van der Waals surface area (Å²) in [6.07, 6.45) is 3.49. The van der Waals surface area contributed by atoms with Crippen molar-refractivity contribution in [3.05, 3.63) is 12.4 Å². The first-order valence-electron chi connectivity index (χ1n) is 8.66. The fourth-order valence-corrected chi connectivity index (χ4v) is 3.17. The molecule has 1 aromatic heterocycles. The van der Waals surface area contributed by atoms with Crippen LogP contribution in [-0.4, -0.2) is 80.0 Å². The third-order valence-electron chi connectivity index (χ3n) is 3.93. The molecule has 27 heavy (non-hydrogen) atoms. The van der Waals surface area contributed by atoms with Crippen molar-refractivity contribution >= 4 is 51.6 Å². The van der Waals surface area contributed by atoms with E-state index in [0.29, 0.717) is 32.1 Å². The monoisotopic (exact) mass is 513 g/mol. The molecule has 1 aliphatic rings. The number of amides is 1. The lowest BCUT2D eigenvalue weighted by Crippen LogP contribution is -2.55. The molecule has 0 bridgehead atoms. The van der Waals surface area contributed by atoms with Crippen LogP contribution >= 0.6 is 24.0 Å². The van der Waals surface area contributed by atoms with Crippen molar-refractivity contribution in [2.45, 2.75) is 13.8 Å². The van der Waals surface area contributed by atoms with Crippen LogP contribution in [0.5, 0.6) is 0 Å². The molecule has 10 nitrogen and oxygen atoms in total. The first-order chi connectivity index (χ1) is 12.4. The lowest BCUT2D eigenvalue weighted by molar-refractivity contribution is -0.120. The topological polar surface area (TPSA) is 112 Å². The molecule has 1 saturated heterocycles. The maximum absolute atomic E-state index is 12.5. The zero-order valence-corrected chi connectivity index (χ0v) is 19.0. The fraction of sp³-hybridized carbons (Fsp3) is 0.667. The molecule has 2 N–H and O–H groups in total. The van der Waals surface area contributed by atoms with Gasteiger partial charge in [-0.05, 0) is 13.8 Å². The maximum atomic E-state index is 12.5. The molecule has 0 spiro atoms. The Bertz CT molecular complexity index is 750. The van der Waals surface area contributed by atoms with Crippen molar-refractivity contribution in [1.29, 1.82) is 0 Å². The highest BCUT2D eigenvalue weighted by Gasteiger charge is 2.27. The largest absolute Gasteiger partial charge is 0.357 e. The van der Waals surface area contributed by atoms with Crippen molar-refractivity contribution in [3.63, 3.8) is 0 Å². The van der Waals surface area contributed by atoms with Crippen molar-refractivity contribution in [3.8, 4) is 0 Å². The number of hydrogen-bond acceptors (Lipinski definition) is 5. The molecule has 0 radical (unpaired) electrons. The Morgan fingerprint density at radius 2 is 2.07 bits per heavy atom. The maximum Gasteiger partial charge on any atom is 0.246 e. The van der Waals surface area contributed by atoms with Gasteiger partial charge in [-0.15, -0.1) is 24.0 Å². The standard InChI is InChI=1S/C15H27N7O3S.HI/c1-4-16-15(17-6-7-19-26(24,25)5-2)21-8-9-22(14(23)12-21)13-10-18-20(3)11-13;/h10-11,19H,4-9,12H2,1-3H3,(H,16,17);1H. The first-order valence-corrected chi connectivity index (χ1v) is 10.3. The van der Waals surface area contributed by atoms with Crippen LogP contribution in [-0.2, 0) is 21.9 Å². The van der Waals surface area contributed by atoms with E-state index >= 15 is 0 Å². The van der Waals surface area contributed by atoms with Gasteiger partial charge in [0.2, 0.25) is 15.9 Å². The van der Waals surface area contributed by atoms with Crippen LogP contribution in [0.4, 0.5) is 5.69 Å².